The van der Waals surface area contributed by atoms with Crippen molar-refractivity contribution in [2.45, 2.75) is 393 Å². The highest BCUT2D eigenvalue weighted by Crippen LogP contribution is 2.19. The SMILES string of the molecule is CCCCC/C=C\CCCCCCCC(=O)OCC(COC(=O)CCCCCCCCCCCCCCCCCCCCCCCCCCC)OC(=O)CCCCCCCCCCCCCCCCCCCCC. The lowest BCUT2D eigenvalue weighted by Gasteiger charge is -2.18. The van der Waals surface area contributed by atoms with Crippen LogP contribution in [0.15, 0.2) is 12.2 Å². The molecule has 438 valence electrons. The smallest absolute Gasteiger partial charge is 0.306 e. The van der Waals surface area contributed by atoms with E-state index in [1.165, 1.54) is 283 Å². The summed E-state index contributed by atoms with van der Waals surface area (Å²) in [5, 5.41) is 0. The molecular weight excluding hydrogens is 913 g/mol. The third-order valence-electron chi connectivity index (χ3n) is 15.5. The topological polar surface area (TPSA) is 78.9 Å². The lowest BCUT2D eigenvalue weighted by molar-refractivity contribution is -0.167. The number of carbonyl (C=O) groups is 3. The second kappa shape index (κ2) is 63.7. The Morgan fingerprint density at radius 3 is 0.703 bits per heavy atom. The molecule has 0 rings (SSSR count). The van der Waals surface area contributed by atoms with Gasteiger partial charge in [0.25, 0.3) is 0 Å². The Morgan fingerprint density at radius 1 is 0.257 bits per heavy atom. The van der Waals surface area contributed by atoms with E-state index in [1.807, 2.05) is 0 Å². The van der Waals surface area contributed by atoms with Crippen LogP contribution in [0.4, 0.5) is 0 Å². The van der Waals surface area contributed by atoms with Crippen LogP contribution in [0, 0.1) is 0 Å². The zero-order valence-electron chi connectivity index (χ0n) is 50.4. The number of unbranched alkanes of at least 4 members (excludes halogenated alkanes) is 50. The van der Waals surface area contributed by atoms with Gasteiger partial charge in [-0.15, -0.1) is 0 Å². The van der Waals surface area contributed by atoms with Gasteiger partial charge < -0.3 is 14.2 Å². The Kier molecular flexibility index (Phi) is 62.1. The van der Waals surface area contributed by atoms with Crippen molar-refractivity contribution >= 4 is 17.9 Å². The summed E-state index contributed by atoms with van der Waals surface area (Å²) in [5.41, 5.74) is 0. The molecule has 0 aromatic carbocycles. The molecule has 0 amide bonds. The molecule has 0 fully saturated rings. The Hall–Kier alpha value is -1.85. The molecule has 74 heavy (non-hydrogen) atoms. The molecule has 0 radical (unpaired) electrons. The van der Waals surface area contributed by atoms with Gasteiger partial charge in [0.2, 0.25) is 0 Å². The first-order valence-electron chi connectivity index (χ1n) is 33.7. The molecule has 0 N–H and O–H groups in total. The van der Waals surface area contributed by atoms with Crippen LogP contribution in [0.5, 0.6) is 0 Å². The molecule has 0 saturated carbocycles. The molecule has 0 aromatic heterocycles. The standard InChI is InChI=1S/C68H130O6/c1-4-7-10-13-16-19-22-25-27-29-31-32-33-34-35-36-38-39-41-43-46-49-52-55-58-61-67(70)73-64-65(63-72-66(69)60-57-54-51-48-45-24-21-18-15-12-9-6-3)74-68(71)62-59-56-53-50-47-44-42-40-37-30-28-26-23-20-17-14-11-8-5-2/h18,21,65H,4-17,19-20,22-64H2,1-3H3/b21-18-. The van der Waals surface area contributed by atoms with E-state index in [4.69, 9.17) is 14.2 Å². The predicted octanol–water partition coefficient (Wildman–Crippen LogP) is 22.8. The maximum Gasteiger partial charge on any atom is 0.306 e. The fourth-order valence-corrected chi connectivity index (χ4v) is 10.4. The molecule has 0 aliphatic heterocycles. The summed E-state index contributed by atoms with van der Waals surface area (Å²) in [7, 11) is 0. The minimum absolute atomic E-state index is 0.0659. The maximum absolute atomic E-state index is 12.9. The van der Waals surface area contributed by atoms with Gasteiger partial charge in [-0.25, -0.2) is 0 Å². The number of rotatable bonds is 63. The second-order valence-corrected chi connectivity index (χ2v) is 23.1. The third-order valence-corrected chi connectivity index (χ3v) is 15.5. The summed E-state index contributed by atoms with van der Waals surface area (Å²) < 4.78 is 16.9. The molecule has 1 unspecified atom stereocenters. The first-order chi connectivity index (χ1) is 36.5. The molecule has 0 aromatic rings. The van der Waals surface area contributed by atoms with E-state index < -0.39 is 6.10 Å². The molecule has 1 atom stereocenters. The maximum atomic E-state index is 12.9. The molecule has 0 aliphatic rings. The lowest BCUT2D eigenvalue weighted by Crippen LogP contribution is -2.30. The fourth-order valence-electron chi connectivity index (χ4n) is 10.4. The minimum Gasteiger partial charge on any atom is -0.462 e. The molecule has 0 heterocycles. The van der Waals surface area contributed by atoms with Crippen molar-refractivity contribution in [3.05, 3.63) is 12.2 Å². The Bertz CT molecular complexity index is 1150. The summed E-state index contributed by atoms with van der Waals surface area (Å²) in [6.45, 7) is 6.69. The lowest BCUT2D eigenvalue weighted by atomic mass is 10.0. The zero-order chi connectivity index (χ0) is 53.6. The van der Waals surface area contributed by atoms with Crippen LogP contribution in [0.1, 0.15) is 387 Å². The zero-order valence-corrected chi connectivity index (χ0v) is 50.4. The summed E-state index contributed by atoms with van der Waals surface area (Å²) in [5.74, 6) is -0.844. The normalized spacial score (nSPS) is 12.0. The van der Waals surface area contributed by atoms with Crippen molar-refractivity contribution < 1.29 is 28.6 Å². The van der Waals surface area contributed by atoms with E-state index in [1.54, 1.807) is 0 Å². The summed E-state index contributed by atoms with van der Waals surface area (Å²) in [6.07, 6.45) is 75.2. The number of esters is 3. The van der Waals surface area contributed by atoms with E-state index in [9.17, 15) is 14.4 Å². The molecule has 0 spiro atoms. The largest absolute Gasteiger partial charge is 0.462 e. The van der Waals surface area contributed by atoms with Gasteiger partial charge in [-0.2, -0.15) is 0 Å². The number of allylic oxidation sites excluding steroid dienone is 2. The molecular formula is C68H130O6. The van der Waals surface area contributed by atoms with Gasteiger partial charge in [-0.05, 0) is 44.9 Å². The molecule has 6 heteroatoms. The van der Waals surface area contributed by atoms with Crippen molar-refractivity contribution in [2.75, 3.05) is 13.2 Å². The van der Waals surface area contributed by atoms with Gasteiger partial charge in [0.1, 0.15) is 13.2 Å². The average Bonchev–Trinajstić information content (AvgIpc) is 3.40. The molecule has 0 saturated heterocycles. The van der Waals surface area contributed by atoms with E-state index in [0.29, 0.717) is 19.3 Å². The van der Waals surface area contributed by atoms with Crippen molar-refractivity contribution in [1.29, 1.82) is 0 Å². The first kappa shape index (κ1) is 72.2. The van der Waals surface area contributed by atoms with Gasteiger partial charge in [-0.1, -0.05) is 335 Å². The van der Waals surface area contributed by atoms with Crippen LogP contribution in [0.25, 0.3) is 0 Å². The van der Waals surface area contributed by atoms with Crippen LogP contribution in [-0.4, -0.2) is 37.2 Å². The van der Waals surface area contributed by atoms with Crippen LogP contribution in [0.2, 0.25) is 0 Å². The summed E-state index contributed by atoms with van der Waals surface area (Å²) in [4.78, 5) is 38.3. The highest BCUT2D eigenvalue weighted by Gasteiger charge is 2.19. The molecule has 0 aliphatic carbocycles. The van der Waals surface area contributed by atoms with Gasteiger partial charge in [0.05, 0.1) is 0 Å². The Balaban J connectivity index is 4.18. The van der Waals surface area contributed by atoms with Crippen molar-refractivity contribution in [3.8, 4) is 0 Å². The van der Waals surface area contributed by atoms with E-state index >= 15 is 0 Å². The van der Waals surface area contributed by atoms with Crippen LogP contribution < -0.4 is 0 Å². The fraction of sp³-hybridized carbons (Fsp3) is 0.926. The Morgan fingerprint density at radius 2 is 0.446 bits per heavy atom. The van der Waals surface area contributed by atoms with E-state index in [0.717, 1.165) is 64.2 Å². The average molecular weight is 1040 g/mol. The van der Waals surface area contributed by atoms with Crippen LogP contribution in [0.3, 0.4) is 0 Å². The number of hydrogen-bond acceptors (Lipinski definition) is 6. The first-order valence-corrected chi connectivity index (χ1v) is 33.7. The quantitative estimate of drug-likeness (QED) is 0.0261. The van der Waals surface area contributed by atoms with Crippen molar-refractivity contribution in [3.63, 3.8) is 0 Å². The number of carbonyl (C=O) groups excluding carboxylic acids is 3. The highest BCUT2D eigenvalue weighted by molar-refractivity contribution is 5.71. The number of ether oxygens (including phenoxy) is 3. The van der Waals surface area contributed by atoms with Crippen molar-refractivity contribution in [1.82, 2.24) is 0 Å². The number of hydrogen-bond donors (Lipinski definition) is 0. The third kappa shape index (κ3) is 61.0. The van der Waals surface area contributed by atoms with Crippen LogP contribution >= 0.6 is 0 Å². The highest BCUT2D eigenvalue weighted by atomic mass is 16.6. The van der Waals surface area contributed by atoms with Gasteiger partial charge in [0.15, 0.2) is 6.10 Å². The summed E-state index contributed by atoms with van der Waals surface area (Å²) in [6, 6.07) is 0. The minimum atomic E-state index is -0.769. The van der Waals surface area contributed by atoms with E-state index in [-0.39, 0.29) is 31.1 Å². The monoisotopic (exact) mass is 1040 g/mol. The predicted molar refractivity (Wildman–Crippen MR) is 321 cm³/mol. The van der Waals surface area contributed by atoms with Crippen LogP contribution in [-0.2, 0) is 28.6 Å². The van der Waals surface area contributed by atoms with Crippen molar-refractivity contribution in [2.24, 2.45) is 0 Å². The van der Waals surface area contributed by atoms with Gasteiger partial charge in [0, 0.05) is 19.3 Å². The second-order valence-electron chi connectivity index (χ2n) is 23.1. The van der Waals surface area contributed by atoms with Gasteiger partial charge >= 0.3 is 17.9 Å². The molecule has 0 bridgehead atoms. The molecule has 6 nitrogen and oxygen atoms in total. The Labute approximate surface area is 462 Å². The van der Waals surface area contributed by atoms with Gasteiger partial charge in [-0.3, -0.25) is 14.4 Å². The summed E-state index contributed by atoms with van der Waals surface area (Å²) >= 11 is 0. The van der Waals surface area contributed by atoms with E-state index in [2.05, 4.69) is 32.9 Å².